The fourth-order valence-electron chi connectivity index (χ4n) is 2.76. The van der Waals surface area contributed by atoms with E-state index in [0.29, 0.717) is 6.10 Å². The summed E-state index contributed by atoms with van der Waals surface area (Å²) < 4.78 is 16.4. The average molecular weight is 344 g/mol. The number of methoxy groups -OCH3 is 1. The van der Waals surface area contributed by atoms with Crippen LogP contribution in [0.2, 0.25) is 0 Å². The highest BCUT2D eigenvalue weighted by Crippen LogP contribution is 2.14. The van der Waals surface area contributed by atoms with Crippen molar-refractivity contribution >= 4 is 5.96 Å². The number of likely N-dealkylation sites (tertiary alicyclic amines) is 1. The molecular formula is C18H37N3O3. The lowest BCUT2D eigenvalue weighted by molar-refractivity contribution is 0.00990. The van der Waals surface area contributed by atoms with Gasteiger partial charge in [0.1, 0.15) is 0 Å². The molecule has 1 saturated heterocycles. The number of ether oxygens (including phenoxy) is 3. The van der Waals surface area contributed by atoms with E-state index in [2.05, 4.69) is 17.1 Å². The highest BCUT2D eigenvalue weighted by atomic mass is 16.5. The molecule has 0 aromatic rings. The van der Waals surface area contributed by atoms with Gasteiger partial charge in [0, 0.05) is 59.7 Å². The predicted molar refractivity (Wildman–Crippen MR) is 98.7 cm³/mol. The van der Waals surface area contributed by atoms with Crippen LogP contribution < -0.4 is 5.32 Å². The average Bonchev–Trinajstić information content (AvgIpc) is 2.61. The highest BCUT2D eigenvalue weighted by Gasteiger charge is 2.21. The van der Waals surface area contributed by atoms with E-state index in [1.54, 1.807) is 7.11 Å². The number of nitrogens with zero attached hydrogens (tertiary/aromatic N) is 2. The van der Waals surface area contributed by atoms with Crippen LogP contribution in [0.15, 0.2) is 4.99 Å². The first kappa shape index (κ1) is 21.2. The molecule has 0 radical (unpaired) electrons. The Kier molecular flexibility index (Phi) is 12.8. The SMILES string of the molecule is CCNC(=NCCCCOCC)N1CCC(OCCCOC)CC1. The molecule has 1 heterocycles. The van der Waals surface area contributed by atoms with Crippen LogP contribution >= 0.6 is 0 Å². The molecule has 0 unspecified atom stereocenters. The van der Waals surface area contributed by atoms with Gasteiger partial charge in [0.2, 0.25) is 0 Å². The Morgan fingerprint density at radius 3 is 2.54 bits per heavy atom. The Balaban J connectivity index is 2.26. The molecule has 1 aliphatic heterocycles. The first-order chi connectivity index (χ1) is 11.8. The Morgan fingerprint density at radius 2 is 1.88 bits per heavy atom. The third kappa shape index (κ3) is 9.45. The molecule has 0 aromatic heterocycles. The molecule has 1 rings (SSSR count). The molecule has 1 aliphatic rings. The number of rotatable bonds is 12. The van der Waals surface area contributed by atoms with Crippen molar-refractivity contribution in [2.24, 2.45) is 4.99 Å². The zero-order valence-corrected chi connectivity index (χ0v) is 15.9. The third-order valence-corrected chi connectivity index (χ3v) is 4.09. The van der Waals surface area contributed by atoms with Gasteiger partial charge in [-0.2, -0.15) is 0 Å². The van der Waals surface area contributed by atoms with E-state index in [9.17, 15) is 0 Å². The second-order valence-corrected chi connectivity index (χ2v) is 6.04. The number of piperidine rings is 1. The number of guanidine groups is 1. The summed E-state index contributed by atoms with van der Waals surface area (Å²) in [5, 5.41) is 3.42. The number of aliphatic imine (C=N–C) groups is 1. The molecule has 1 N–H and O–H groups in total. The molecule has 0 saturated carbocycles. The highest BCUT2D eigenvalue weighted by molar-refractivity contribution is 5.80. The van der Waals surface area contributed by atoms with Crippen molar-refractivity contribution in [2.75, 3.05) is 59.7 Å². The molecule has 1 fully saturated rings. The molecule has 24 heavy (non-hydrogen) atoms. The van der Waals surface area contributed by atoms with Gasteiger partial charge < -0.3 is 24.4 Å². The molecule has 0 bridgehead atoms. The summed E-state index contributed by atoms with van der Waals surface area (Å²) in [6, 6.07) is 0. The van der Waals surface area contributed by atoms with Crippen molar-refractivity contribution in [1.82, 2.24) is 10.2 Å². The van der Waals surface area contributed by atoms with Gasteiger partial charge in [-0.15, -0.1) is 0 Å². The first-order valence-corrected chi connectivity index (χ1v) is 9.53. The van der Waals surface area contributed by atoms with E-state index in [1.807, 2.05) is 6.92 Å². The molecule has 0 spiro atoms. The normalized spacial score (nSPS) is 16.6. The molecule has 0 amide bonds. The van der Waals surface area contributed by atoms with Crippen molar-refractivity contribution in [1.29, 1.82) is 0 Å². The minimum atomic E-state index is 0.382. The molecule has 0 aliphatic carbocycles. The van der Waals surface area contributed by atoms with E-state index in [1.165, 1.54) is 0 Å². The van der Waals surface area contributed by atoms with Gasteiger partial charge >= 0.3 is 0 Å². The second-order valence-electron chi connectivity index (χ2n) is 6.04. The van der Waals surface area contributed by atoms with Crippen LogP contribution in [0.1, 0.15) is 46.0 Å². The first-order valence-electron chi connectivity index (χ1n) is 9.53. The van der Waals surface area contributed by atoms with Crippen molar-refractivity contribution in [2.45, 2.75) is 52.1 Å². The number of unbranched alkanes of at least 4 members (excludes halogenated alkanes) is 1. The zero-order chi connectivity index (χ0) is 17.5. The minimum absolute atomic E-state index is 0.382. The summed E-state index contributed by atoms with van der Waals surface area (Å²) in [4.78, 5) is 7.13. The van der Waals surface area contributed by atoms with Gasteiger partial charge in [0.15, 0.2) is 5.96 Å². The van der Waals surface area contributed by atoms with E-state index in [-0.39, 0.29) is 0 Å². The number of hydrogen-bond donors (Lipinski definition) is 1. The number of nitrogens with one attached hydrogen (secondary N) is 1. The monoisotopic (exact) mass is 343 g/mol. The summed E-state index contributed by atoms with van der Waals surface area (Å²) in [5.41, 5.74) is 0. The topological polar surface area (TPSA) is 55.3 Å². The Hall–Kier alpha value is -0.850. The third-order valence-electron chi connectivity index (χ3n) is 4.09. The van der Waals surface area contributed by atoms with Gasteiger partial charge in [0.25, 0.3) is 0 Å². The van der Waals surface area contributed by atoms with Crippen LogP contribution in [0.4, 0.5) is 0 Å². The Bertz CT molecular complexity index is 319. The smallest absolute Gasteiger partial charge is 0.193 e. The predicted octanol–water partition coefficient (Wildman–Crippen LogP) is 2.29. The van der Waals surface area contributed by atoms with Gasteiger partial charge in [-0.3, -0.25) is 4.99 Å². The fraction of sp³-hybridized carbons (Fsp3) is 0.944. The molecule has 6 nitrogen and oxygen atoms in total. The number of hydrogen-bond acceptors (Lipinski definition) is 4. The zero-order valence-electron chi connectivity index (χ0n) is 15.9. The van der Waals surface area contributed by atoms with Crippen LogP contribution in [-0.4, -0.2) is 76.7 Å². The van der Waals surface area contributed by atoms with Gasteiger partial charge in [-0.1, -0.05) is 0 Å². The summed E-state index contributed by atoms with van der Waals surface area (Å²) >= 11 is 0. The van der Waals surface area contributed by atoms with E-state index < -0.39 is 0 Å². The molecule has 0 aromatic carbocycles. The molecule has 0 atom stereocenters. The minimum Gasteiger partial charge on any atom is -0.385 e. The van der Waals surface area contributed by atoms with Crippen LogP contribution in [-0.2, 0) is 14.2 Å². The van der Waals surface area contributed by atoms with E-state index >= 15 is 0 Å². The van der Waals surface area contributed by atoms with Crippen molar-refractivity contribution in [3.63, 3.8) is 0 Å². The van der Waals surface area contributed by atoms with Crippen LogP contribution in [0.3, 0.4) is 0 Å². The van der Waals surface area contributed by atoms with Crippen molar-refractivity contribution in [3.8, 4) is 0 Å². The van der Waals surface area contributed by atoms with Crippen molar-refractivity contribution in [3.05, 3.63) is 0 Å². The van der Waals surface area contributed by atoms with Crippen LogP contribution in [0.25, 0.3) is 0 Å². The lowest BCUT2D eigenvalue weighted by Gasteiger charge is -2.34. The summed E-state index contributed by atoms with van der Waals surface area (Å²) in [5.74, 6) is 1.05. The molecule has 142 valence electrons. The maximum atomic E-state index is 5.93. The summed E-state index contributed by atoms with van der Waals surface area (Å²) in [6.45, 7) is 11.2. The Morgan fingerprint density at radius 1 is 1.08 bits per heavy atom. The lowest BCUT2D eigenvalue weighted by Crippen LogP contribution is -2.47. The van der Waals surface area contributed by atoms with Crippen molar-refractivity contribution < 1.29 is 14.2 Å². The maximum absolute atomic E-state index is 5.93. The Labute approximate surface area is 147 Å². The summed E-state index contributed by atoms with van der Waals surface area (Å²) in [7, 11) is 1.73. The van der Waals surface area contributed by atoms with Crippen LogP contribution in [0, 0.1) is 0 Å². The van der Waals surface area contributed by atoms with Gasteiger partial charge in [-0.25, -0.2) is 0 Å². The fourth-order valence-corrected chi connectivity index (χ4v) is 2.76. The second kappa shape index (κ2) is 14.5. The summed E-state index contributed by atoms with van der Waals surface area (Å²) in [6.07, 6.45) is 5.65. The lowest BCUT2D eigenvalue weighted by atomic mass is 10.1. The van der Waals surface area contributed by atoms with E-state index in [0.717, 1.165) is 90.7 Å². The van der Waals surface area contributed by atoms with Gasteiger partial charge in [-0.05, 0) is 46.0 Å². The van der Waals surface area contributed by atoms with Gasteiger partial charge in [0.05, 0.1) is 6.10 Å². The standard InChI is InChI=1S/C18H37N3O3/c1-4-19-18(20-11-6-7-15-23-5-2)21-12-9-17(10-13-21)24-16-8-14-22-3/h17H,4-16H2,1-3H3,(H,19,20). The van der Waals surface area contributed by atoms with Crippen LogP contribution in [0.5, 0.6) is 0 Å². The molecular weight excluding hydrogens is 306 g/mol. The quantitative estimate of drug-likeness (QED) is 0.335. The molecule has 6 heteroatoms. The maximum Gasteiger partial charge on any atom is 0.193 e. The largest absolute Gasteiger partial charge is 0.385 e. The van der Waals surface area contributed by atoms with E-state index in [4.69, 9.17) is 19.2 Å².